The molecule has 0 saturated carbocycles. The van der Waals surface area contributed by atoms with E-state index in [0.717, 1.165) is 17.9 Å². The summed E-state index contributed by atoms with van der Waals surface area (Å²) >= 11 is 0. The smallest absolute Gasteiger partial charge is 0.324 e. The van der Waals surface area contributed by atoms with Gasteiger partial charge >= 0.3 is 6.03 Å². The topological polar surface area (TPSA) is 81.7 Å². The summed E-state index contributed by atoms with van der Waals surface area (Å²) in [5, 5.41) is 2.78. The molecule has 138 valence electrons. The second-order valence-corrected chi connectivity index (χ2v) is 6.84. The van der Waals surface area contributed by atoms with Crippen molar-refractivity contribution in [1.29, 1.82) is 0 Å². The number of hydrogen-bond acceptors (Lipinski definition) is 5. The third-order valence-electron chi connectivity index (χ3n) is 4.11. The molecule has 1 fully saturated rings. The Hall–Kier alpha value is -2.38. The maximum atomic E-state index is 12.5. The van der Waals surface area contributed by atoms with Crippen LogP contribution in [0.15, 0.2) is 6.07 Å². The number of carbonyl (C=O) groups is 2. The van der Waals surface area contributed by atoms with Gasteiger partial charge in [0.2, 0.25) is 11.9 Å². The normalized spacial score (nSPS) is 15.1. The average Bonchev–Trinajstić information content (AvgIpc) is 2.79. The number of nitrogens with one attached hydrogen (secondary N) is 1. The highest BCUT2D eigenvalue weighted by molar-refractivity contribution is 5.87. The summed E-state index contributed by atoms with van der Waals surface area (Å²) < 4.78 is 0. The number of anilines is 2. The zero-order valence-corrected chi connectivity index (χ0v) is 15.7. The molecule has 8 heteroatoms. The van der Waals surface area contributed by atoms with Crippen LogP contribution in [0.25, 0.3) is 0 Å². The Kier molecular flexibility index (Phi) is 6.17. The quantitative estimate of drug-likeness (QED) is 0.897. The highest BCUT2D eigenvalue weighted by Gasteiger charge is 2.23. The maximum Gasteiger partial charge on any atom is 0.324 e. The molecule has 1 N–H and O–H groups in total. The first-order valence-electron chi connectivity index (χ1n) is 8.65. The van der Waals surface area contributed by atoms with E-state index >= 15 is 0 Å². The molecule has 1 aromatic heterocycles. The lowest BCUT2D eigenvalue weighted by molar-refractivity contribution is -0.134. The highest BCUT2D eigenvalue weighted by atomic mass is 16.2. The maximum absolute atomic E-state index is 12.5. The lowest BCUT2D eigenvalue weighted by Gasteiger charge is -2.23. The van der Waals surface area contributed by atoms with Crippen molar-refractivity contribution >= 4 is 23.7 Å². The standard InChI is InChI=1S/C17H28N6O2/c1-12(2)15(24)22-7-6-8-23(10-9-22)17(25)20-16-18-13(3)11-14(19-16)21(4)5/h11-12H,6-10H2,1-5H3,(H,18,19,20,25). The van der Waals surface area contributed by atoms with E-state index in [1.54, 1.807) is 4.90 Å². The minimum atomic E-state index is -0.228. The molecule has 0 bridgehead atoms. The van der Waals surface area contributed by atoms with Crippen LogP contribution < -0.4 is 10.2 Å². The molecule has 0 unspecified atom stereocenters. The average molecular weight is 348 g/mol. The summed E-state index contributed by atoms with van der Waals surface area (Å²) in [6.07, 6.45) is 0.767. The van der Waals surface area contributed by atoms with E-state index in [9.17, 15) is 9.59 Å². The van der Waals surface area contributed by atoms with E-state index < -0.39 is 0 Å². The van der Waals surface area contributed by atoms with Crippen LogP contribution in [0.4, 0.5) is 16.6 Å². The Morgan fingerprint density at radius 1 is 1.12 bits per heavy atom. The fourth-order valence-corrected chi connectivity index (χ4v) is 2.72. The summed E-state index contributed by atoms with van der Waals surface area (Å²) in [6, 6.07) is 1.63. The number of nitrogens with zero attached hydrogens (tertiary/aromatic N) is 5. The molecule has 1 aromatic rings. The molecule has 0 spiro atoms. The molecule has 1 saturated heterocycles. The zero-order valence-electron chi connectivity index (χ0n) is 15.7. The number of amides is 3. The monoisotopic (exact) mass is 348 g/mol. The number of aryl methyl sites for hydroxylation is 1. The molecule has 0 radical (unpaired) electrons. The van der Waals surface area contributed by atoms with Gasteiger partial charge in [0, 0.05) is 58.0 Å². The zero-order chi connectivity index (χ0) is 18.6. The number of carbonyl (C=O) groups excluding carboxylic acids is 2. The molecule has 25 heavy (non-hydrogen) atoms. The third kappa shape index (κ3) is 5.04. The van der Waals surface area contributed by atoms with E-state index in [-0.39, 0.29) is 17.9 Å². The van der Waals surface area contributed by atoms with Crippen molar-refractivity contribution in [2.75, 3.05) is 50.5 Å². The highest BCUT2D eigenvalue weighted by Crippen LogP contribution is 2.13. The molecule has 0 aliphatic carbocycles. The number of rotatable bonds is 3. The predicted molar refractivity (Wildman–Crippen MR) is 97.7 cm³/mol. The van der Waals surface area contributed by atoms with E-state index in [1.807, 2.05) is 50.7 Å². The van der Waals surface area contributed by atoms with Gasteiger partial charge in [-0.25, -0.2) is 9.78 Å². The van der Waals surface area contributed by atoms with Gasteiger partial charge in [0.15, 0.2) is 0 Å². The summed E-state index contributed by atoms with van der Waals surface area (Å²) in [7, 11) is 3.78. The molecule has 0 atom stereocenters. The van der Waals surface area contributed by atoms with Crippen LogP contribution in [0, 0.1) is 12.8 Å². The SMILES string of the molecule is Cc1cc(N(C)C)nc(NC(=O)N2CCCN(C(=O)C(C)C)CC2)n1. The van der Waals surface area contributed by atoms with Gasteiger partial charge in [0.1, 0.15) is 5.82 Å². The van der Waals surface area contributed by atoms with Crippen LogP contribution in [0.2, 0.25) is 0 Å². The first-order valence-corrected chi connectivity index (χ1v) is 8.65. The minimum absolute atomic E-state index is 0.0227. The lowest BCUT2D eigenvalue weighted by atomic mass is 10.2. The van der Waals surface area contributed by atoms with Crippen molar-refractivity contribution < 1.29 is 9.59 Å². The van der Waals surface area contributed by atoms with Crippen molar-refractivity contribution in [3.8, 4) is 0 Å². The largest absolute Gasteiger partial charge is 0.363 e. The van der Waals surface area contributed by atoms with Crippen LogP contribution in [0.3, 0.4) is 0 Å². The van der Waals surface area contributed by atoms with E-state index in [2.05, 4.69) is 15.3 Å². The van der Waals surface area contributed by atoms with Crippen LogP contribution >= 0.6 is 0 Å². The summed E-state index contributed by atoms with van der Waals surface area (Å²) in [4.78, 5) is 38.7. The second-order valence-electron chi connectivity index (χ2n) is 6.84. The van der Waals surface area contributed by atoms with Crippen molar-refractivity contribution in [1.82, 2.24) is 19.8 Å². The molecule has 1 aliphatic rings. The number of aromatic nitrogens is 2. The van der Waals surface area contributed by atoms with Gasteiger partial charge in [-0.2, -0.15) is 4.98 Å². The van der Waals surface area contributed by atoms with Crippen LogP contribution in [0.1, 0.15) is 26.0 Å². The lowest BCUT2D eigenvalue weighted by Crippen LogP contribution is -2.40. The van der Waals surface area contributed by atoms with Gasteiger partial charge in [-0.15, -0.1) is 0 Å². The Morgan fingerprint density at radius 2 is 1.76 bits per heavy atom. The van der Waals surface area contributed by atoms with Crippen molar-refractivity contribution in [2.24, 2.45) is 5.92 Å². The fourth-order valence-electron chi connectivity index (χ4n) is 2.72. The van der Waals surface area contributed by atoms with Crippen LogP contribution in [-0.2, 0) is 4.79 Å². The molecule has 8 nitrogen and oxygen atoms in total. The van der Waals surface area contributed by atoms with E-state index in [1.165, 1.54) is 0 Å². The number of hydrogen-bond donors (Lipinski definition) is 1. The van der Waals surface area contributed by atoms with Gasteiger partial charge in [0.05, 0.1) is 0 Å². The summed E-state index contributed by atoms with van der Waals surface area (Å²) in [5.74, 6) is 1.16. The van der Waals surface area contributed by atoms with Crippen molar-refractivity contribution in [2.45, 2.75) is 27.2 Å². The molecular formula is C17H28N6O2. The van der Waals surface area contributed by atoms with Gasteiger partial charge in [0.25, 0.3) is 0 Å². The molecule has 1 aliphatic heterocycles. The first-order chi connectivity index (χ1) is 11.8. The van der Waals surface area contributed by atoms with Gasteiger partial charge < -0.3 is 14.7 Å². The third-order valence-corrected chi connectivity index (χ3v) is 4.11. The van der Waals surface area contributed by atoms with E-state index in [4.69, 9.17) is 0 Å². The summed E-state index contributed by atoms with van der Waals surface area (Å²) in [5.41, 5.74) is 0.790. The second kappa shape index (κ2) is 8.13. The Labute approximate surface area is 149 Å². The Balaban J connectivity index is 2.01. The Bertz CT molecular complexity index is 632. The van der Waals surface area contributed by atoms with Crippen LogP contribution in [-0.4, -0.2) is 72.0 Å². The molecular weight excluding hydrogens is 320 g/mol. The van der Waals surface area contributed by atoms with Gasteiger partial charge in [-0.05, 0) is 13.3 Å². The van der Waals surface area contributed by atoms with E-state index in [0.29, 0.717) is 32.1 Å². The molecule has 0 aromatic carbocycles. The van der Waals surface area contributed by atoms with Gasteiger partial charge in [-0.1, -0.05) is 13.8 Å². The minimum Gasteiger partial charge on any atom is -0.363 e. The fraction of sp³-hybridized carbons (Fsp3) is 0.647. The van der Waals surface area contributed by atoms with Crippen molar-refractivity contribution in [3.63, 3.8) is 0 Å². The molecule has 3 amide bonds. The van der Waals surface area contributed by atoms with Crippen molar-refractivity contribution in [3.05, 3.63) is 11.8 Å². The number of urea groups is 1. The molecule has 2 heterocycles. The first kappa shape index (κ1) is 19.0. The summed E-state index contributed by atoms with van der Waals surface area (Å²) in [6.45, 7) is 8.03. The predicted octanol–water partition coefficient (Wildman–Crippen LogP) is 1.57. The van der Waals surface area contributed by atoms with Crippen LogP contribution in [0.5, 0.6) is 0 Å². The Morgan fingerprint density at radius 3 is 2.40 bits per heavy atom. The van der Waals surface area contributed by atoms with Gasteiger partial charge in [-0.3, -0.25) is 10.1 Å². The molecule has 2 rings (SSSR count).